The zero-order chi connectivity index (χ0) is 14.2. The Labute approximate surface area is 122 Å². The van der Waals surface area contributed by atoms with Crippen LogP contribution in [0.1, 0.15) is 13.8 Å². The minimum absolute atomic E-state index is 0.0446. The van der Waals surface area contributed by atoms with Gasteiger partial charge in [-0.1, -0.05) is 23.2 Å². The molecule has 0 radical (unpaired) electrons. The molecular weight excluding hydrogens is 311 g/mol. The summed E-state index contributed by atoms with van der Waals surface area (Å²) in [5.74, 6) is 0. The molecule has 1 aromatic heterocycles. The molecule has 5 nitrogen and oxygen atoms in total. The Balaban J connectivity index is 2.33. The normalized spacial score (nSPS) is 25.5. The summed E-state index contributed by atoms with van der Waals surface area (Å²) in [5.41, 5.74) is 0. The van der Waals surface area contributed by atoms with Gasteiger partial charge in [0.25, 0.3) is 0 Å². The van der Waals surface area contributed by atoms with Gasteiger partial charge in [0, 0.05) is 19.3 Å². The van der Waals surface area contributed by atoms with Crippen molar-refractivity contribution in [2.24, 2.45) is 0 Å². The van der Waals surface area contributed by atoms with Gasteiger partial charge in [-0.2, -0.15) is 4.31 Å². The first-order valence-electron chi connectivity index (χ1n) is 5.77. The van der Waals surface area contributed by atoms with Crippen LogP contribution in [0.25, 0.3) is 0 Å². The van der Waals surface area contributed by atoms with E-state index in [1.807, 2.05) is 13.8 Å². The fourth-order valence-corrected chi connectivity index (χ4v) is 3.92. The van der Waals surface area contributed by atoms with Crippen molar-refractivity contribution < 1.29 is 13.2 Å². The SMILES string of the molecule is C[C@@H]1CN(S(=O)(=O)c2cnc(Cl)c(Cl)c2)C[C@H](C)O1. The zero-order valence-electron chi connectivity index (χ0n) is 10.5. The highest BCUT2D eigenvalue weighted by Gasteiger charge is 2.32. The van der Waals surface area contributed by atoms with Crippen LogP contribution in [0.4, 0.5) is 0 Å². The van der Waals surface area contributed by atoms with Crippen LogP contribution in [0.5, 0.6) is 0 Å². The first kappa shape index (κ1) is 15.0. The van der Waals surface area contributed by atoms with Gasteiger partial charge in [-0.3, -0.25) is 0 Å². The summed E-state index contributed by atoms with van der Waals surface area (Å²) < 4.78 is 31.8. The molecule has 1 saturated heterocycles. The van der Waals surface area contributed by atoms with Gasteiger partial charge in [-0.05, 0) is 19.9 Å². The number of hydrogen-bond donors (Lipinski definition) is 0. The monoisotopic (exact) mass is 324 g/mol. The Morgan fingerprint density at radius 3 is 2.42 bits per heavy atom. The fraction of sp³-hybridized carbons (Fsp3) is 0.545. The number of pyridine rings is 1. The summed E-state index contributed by atoms with van der Waals surface area (Å²) in [6.07, 6.45) is 0.928. The molecule has 2 atom stereocenters. The first-order valence-corrected chi connectivity index (χ1v) is 7.97. The van der Waals surface area contributed by atoms with Crippen molar-refractivity contribution in [3.63, 3.8) is 0 Å². The maximum Gasteiger partial charge on any atom is 0.244 e. The minimum Gasteiger partial charge on any atom is -0.373 e. The van der Waals surface area contributed by atoms with Crippen LogP contribution in [0.3, 0.4) is 0 Å². The van der Waals surface area contributed by atoms with Crippen molar-refractivity contribution in [3.05, 3.63) is 22.4 Å². The van der Waals surface area contributed by atoms with Gasteiger partial charge in [0.2, 0.25) is 10.0 Å². The lowest BCUT2D eigenvalue weighted by molar-refractivity contribution is -0.0440. The van der Waals surface area contributed by atoms with Gasteiger partial charge in [0.05, 0.1) is 17.2 Å². The molecule has 0 saturated carbocycles. The molecule has 1 fully saturated rings. The van der Waals surface area contributed by atoms with E-state index >= 15 is 0 Å². The number of ether oxygens (including phenoxy) is 1. The van der Waals surface area contributed by atoms with Gasteiger partial charge in [-0.15, -0.1) is 0 Å². The van der Waals surface area contributed by atoms with E-state index < -0.39 is 10.0 Å². The van der Waals surface area contributed by atoms with Gasteiger partial charge < -0.3 is 4.74 Å². The molecule has 0 spiro atoms. The number of sulfonamides is 1. The predicted octanol–water partition coefficient (Wildman–Crippen LogP) is 2.19. The van der Waals surface area contributed by atoms with Crippen molar-refractivity contribution in [2.45, 2.75) is 31.0 Å². The van der Waals surface area contributed by atoms with Gasteiger partial charge in [0.15, 0.2) is 0 Å². The number of halogens is 2. The van der Waals surface area contributed by atoms with Crippen molar-refractivity contribution in [3.8, 4) is 0 Å². The maximum atomic E-state index is 12.5. The Hall–Kier alpha value is -0.400. The summed E-state index contributed by atoms with van der Waals surface area (Å²) in [5, 5.41) is 0.210. The molecule has 0 amide bonds. The lowest BCUT2D eigenvalue weighted by atomic mass is 10.3. The molecule has 0 aliphatic carbocycles. The quantitative estimate of drug-likeness (QED) is 0.782. The second-order valence-corrected chi connectivity index (χ2v) is 7.23. The van der Waals surface area contributed by atoms with Crippen LogP contribution in [0, 0.1) is 0 Å². The highest BCUT2D eigenvalue weighted by Crippen LogP contribution is 2.25. The molecule has 1 aliphatic heterocycles. The van der Waals surface area contributed by atoms with E-state index in [9.17, 15) is 8.42 Å². The summed E-state index contributed by atoms with van der Waals surface area (Å²) >= 11 is 11.5. The van der Waals surface area contributed by atoms with Gasteiger partial charge >= 0.3 is 0 Å². The van der Waals surface area contributed by atoms with Crippen LogP contribution in [-0.4, -0.2) is 43.0 Å². The van der Waals surface area contributed by atoms with E-state index in [0.717, 1.165) is 0 Å². The van der Waals surface area contributed by atoms with Crippen molar-refractivity contribution in [1.29, 1.82) is 0 Å². The second kappa shape index (κ2) is 5.54. The number of aromatic nitrogens is 1. The lowest BCUT2D eigenvalue weighted by Crippen LogP contribution is -2.48. The molecule has 0 bridgehead atoms. The Kier molecular flexibility index (Phi) is 4.37. The molecule has 0 N–H and O–H groups in total. The van der Waals surface area contributed by atoms with Crippen LogP contribution in [0.15, 0.2) is 17.2 Å². The number of morpholine rings is 1. The molecule has 0 aromatic carbocycles. The Morgan fingerprint density at radius 1 is 1.32 bits per heavy atom. The van der Waals surface area contributed by atoms with Gasteiger partial charge in [-0.25, -0.2) is 13.4 Å². The standard InChI is InChI=1S/C11H14Cl2N2O3S/c1-7-5-15(6-8(2)18-7)19(16,17)9-3-10(12)11(13)14-4-9/h3-4,7-8H,5-6H2,1-2H3/t7-,8+. The van der Waals surface area contributed by atoms with E-state index in [1.54, 1.807) is 0 Å². The molecule has 2 heterocycles. The van der Waals surface area contributed by atoms with E-state index in [0.29, 0.717) is 13.1 Å². The van der Waals surface area contributed by atoms with Crippen molar-refractivity contribution in [2.75, 3.05) is 13.1 Å². The van der Waals surface area contributed by atoms with Crippen LogP contribution < -0.4 is 0 Å². The summed E-state index contributed by atoms with van der Waals surface area (Å²) in [6.45, 7) is 4.30. The molecule has 2 rings (SSSR count). The topological polar surface area (TPSA) is 59.5 Å². The first-order chi connectivity index (χ1) is 8.80. The number of hydrogen-bond acceptors (Lipinski definition) is 4. The third-order valence-corrected chi connectivity index (χ3v) is 5.28. The summed E-state index contributed by atoms with van der Waals surface area (Å²) in [7, 11) is -3.62. The van der Waals surface area contributed by atoms with Crippen LogP contribution in [-0.2, 0) is 14.8 Å². The summed E-state index contributed by atoms with van der Waals surface area (Å²) in [4.78, 5) is 3.82. The second-order valence-electron chi connectivity index (χ2n) is 4.52. The maximum absolute atomic E-state index is 12.5. The van der Waals surface area contributed by atoms with E-state index in [1.165, 1.54) is 16.6 Å². The Morgan fingerprint density at radius 2 is 1.89 bits per heavy atom. The highest BCUT2D eigenvalue weighted by atomic mass is 35.5. The molecule has 8 heteroatoms. The third kappa shape index (κ3) is 3.20. The molecular formula is C11H14Cl2N2O3S. The largest absolute Gasteiger partial charge is 0.373 e. The number of rotatable bonds is 2. The predicted molar refractivity (Wildman–Crippen MR) is 73.0 cm³/mol. The van der Waals surface area contributed by atoms with Crippen LogP contribution >= 0.6 is 23.2 Å². The fourth-order valence-electron chi connectivity index (χ4n) is 2.02. The van der Waals surface area contributed by atoms with Crippen molar-refractivity contribution in [1.82, 2.24) is 9.29 Å². The molecule has 1 aliphatic rings. The molecule has 19 heavy (non-hydrogen) atoms. The average molecular weight is 325 g/mol. The molecule has 106 valence electrons. The van der Waals surface area contributed by atoms with Gasteiger partial charge in [0.1, 0.15) is 10.0 Å². The zero-order valence-corrected chi connectivity index (χ0v) is 12.8. The third-order valence-electron chi connectivity index (χ3n) is 2.80. The van der Waals surface area contributed by atoms with E-state index in [-0.39, 0.29) is 27.3 Å². The van der Waals surface area contributed by atoms with E-state index in [4.69, 9.17) is 27.9 Å². The molecule has 1 aromatic rings. The average Bonchev–Trinajstić information content (AvgIpc) is 2.31. The Bertz CT molecular complexity index is 569. The smallest absolute Gasteiger partial charge is 0.244 e. The van der Waals surface area contributed by atoms with Crippen LogP contribution in [0.2, 0.25) is 10.2 Å². The van der Waals surface area contributed by atoms with E-state index in [2.05, 4.69) is 4.98 Å². The summed E-state index contributed by atoms with van der Waals surface area (Å²) in [6, 6.07) is 1.32. The highest BCUT2D eigenvalue weighted by molar-refractivity contribution is 7.89. The number of nitrogens with zero attached hydrogens (tertiary/aromatic N) is 2. The lowest BCUT2D eigenvalue weighted by Gasteiger charge is -2.34. The minimum atomic E-state index is -3.62. The van der Waals surface area contributed by atoms with Crippen molar-refractivity contribution >= 4 is 33.2 Å². The molecule has 0 unspecified atom stereocenters.